The number of likely N-dealkylation sites (N-methyl/N-ethyl adjacent to an activating group) is 1. The normalized spacial score (nSPS) is 17.8. The number of carbonyl (C=O) groups is 2. The number of nitrogens with zero attached hydrogens (tertiary/aromatic N) is 2. The van der Waals surface area contributed by atoms with Crippen LogP contribution in [0, 0.1) is 6.92 Å². The Balaban J connectivity index is 1.16. The number of para-hydroxylation sites is 1. The second-order valence-corrected chi connectivity index (χ2v) is 10.5. The molecule has 0 fully saturated rings. The van der Waals surface area contributed by atoms with Gasteiger partial charge in [0, 0.05) is 49.3 Å². The summed E-state index contributed by atoms with van der Waals surface area (Å²) >= 11 is 0. The first kappa shape index (κ1) is 26.4. The smallest absolute Gasteiger partial charge is 0.259 e. The Morgan fingerprint density at radius 1 is 1.27 bits per heavy atom. The Kier molecular flexibility index (Phi) is 6.63. The molecule has 210 valence electrons. The number of rotatable bonds is 6. The average Bonchev–Trinajstić information content (AvgIpc) is 3.52. The third kappa shape index (κ3) is 5.21. The van der Waals surface area contributed by atoms with E-state index in [1.807, 2.05) is 43.3 Å². The fourth-order valence-electron chi connectivity index (χ4n) is 4.88. The lowest BCUT2D eigenvalue weighted by Gasteiger charge is -2.18. The number of fused-ring (bicyclic) bond motifs is 3. The van der Waals surface area contributed by atoms with Gasteiger partial charge in [-0.05, 0) is 49.2 Å². The number of ether oxygens (including phenoxy) is 2. The molecule has 3 N–H and O–H groups in total. The molecule has 0 spiro atoms. The Labute approximate surface area is 236 Å². The summed E-state index contributed by atoms with van der Waals surface area (Å²) in [4.78, 5) is 31.0. The maximum atomic E-state index is 13.0. The molecular weight excluding hydrogens is 524 g/mol. The van der Waals surface area contributed by atoms with E-state index in [1.165, 1.54) is 18.6 Å². The van der Waals surface area contributed by atoms with Gasteiger partial charge in [-0.2, -0.15) is 0 Å². The zero-order valence-corrected chi connectivity index (χ0v) is 23.0. The second kappa shape index (κ2) is 10.3. The van der Waals surface area contributed by atoms with Crippen molar-refractivity contribution in [3.63, 3.8) is 0 Å². The first-order valence-electron chi connectivity index (χ1n) is 13.3. The van der Waals surface area contributed by atoms with Crippen molar-refractivity contribution in [2.45, 2.75) is 32.4 Å². The summed E-state index contributed by atoms with van der Waals surface area (Å²) in [6.45, 7) is 4.36. The highest BCUT2D eigenvalue weighted by molar-refractivity contribution is 6.00. The summed E-state index contributed by atoms with van der Waals surface area (Å²) in [5.41, 5.74) is 2.35. The number of furan rings is 1. The predicted molar refractivity (Wildman–Crippen MR) is 154 cm³/mol. The van der Waals surface area contributed by atoms with Gasteiger partial charge in [0.2, 0.25) is 5.91 Å². The molecule has 2 aromatic carbocycles. The molecule has 4 aromatic rings. The number of aryl methyl sites for hydroxylation is 1. The van der Waals surface area contributed by atoms with Crippen LogP contribution in [0.5, 0.6) is 17.2 Å². The molecule has 10 heteroatoms. The number of carbonyl (C=O) groups excluding carboxylic acids is 2. The molecule has 0 bridgehead atoms. The zero-order valence-electron chi connectivity index (χ0n) is 23.0. The minimum atomic E-state index is -1.56. The average molecular weight is 555 g/mol. The molecule has 0 radical (unpaired) electrons. The second-order valence-electron chi connectivity index (χ2n) is 10.5. The van der Waals surface area contributed by atoms with Crippen molar-refractivity contribution in [1.82, 2.24) is 9.88 Å². The maximum absolute atomic E-state index is 13.0. The van der Waals surface area contributed by atoms with Gasteiger partial charge in [0.05, 0.1) is 18.8 Å². The van der Waals surface area contributed by atoms with Gasteiger partial charge in [0.25, 0.3) is 5.91 Å². The van der Waals surface area contributed by atoms with E-state index < -0.39 is 11.5 Å². The molecule has 2 aliphatic rings. The fraction of sp³-hybridized carbons (Fsp3) is 0.258. The number of pyridine rings is 1. The monoisotopic (exact) mass is 554 g/mol. The van der Waals surface area contributed by atoms with E-state index in [0.717, 1.165) is 23.1 Å². The molecule has 0 saturated heterocycles. The first-order chi connectivity index (χ1) is 19.7. The minimum Gasteiger partial charge on any atom is -0.493 e. The van der Waals surface area contributed by atoms with Gasteiger partial charge >= 0.3 is 0 Å². The Hall–Kier alpha value is -4.83. The van der Waals surface area contributed by atoms with Crippen LogP contribution in [0.2, 0.25) is 0 Å². The lowest BCUT2D eigenvalue weighted by Crippen LogP contribution is -2.43. The number of hydrogen-bond acceptors (Lipinski definition) is 8. The number of amides is 2. The van der Waals surface area contributed by atoms with Gasteiger partial charge < -0.3 is 34.5 Å². The molecule has 1 atom stereocenters. The third-order valence-corrected chi connectivity index (χ3v) is 7.32. The van der Waals surface area contributed by atoms with Gasteiger partial charge in [0.1, 0.15) is 17.3 Å². The van der Waals surface area contributed by atoms with Crippen molar-refractivity contribution in [3.05, 3.63) is 77.2 Å². The SMILES string of the molecule is Cc1oc2c(Oc3ccc4c(c3)OCC4)cccc2c1CN(C)C(=O)/C=C/c1cnc2c(c1)NC[C@@](C)(O)C(=O)N2. The third-order valence-electron chi connectivity index (χ3n) is 7.32. The lowest BCUT2D eigenvalue weighted by atomic mass is 10.1. The van der Waals surface area contributed by atoms with Crippen molar-refractivity contribution >= 4 is 40.4 Å². The maximum Gasteiger partial charge on any atom is 0.259 e. The number of nitrogens with one attached hydrogen (secondary N) is 2. The first-order valence-corrected chi connectivity index (χ1v) is 13.3. The molecular formula is C31H30N4O6. The number of aliphatic hydroxyl groups is 1. The van der Waals surface area contributed by atoms with Crippen LogP contribution in [0.1, 0.15) is 29.4 Å². The highest BCUT2D eigenvalue weighted by atomic mass is 16.5. The highest BCUT2D eigenvalue weighted by Crippen LogP contribution is 2.37. The standard InChI is InChI=1S/C31H30N4O6/c1-18-23(22-5-4-6-25(28(22)40-18)41-21-9-8-20-11-12-39-26(20)14-21)16-35(3)27(36)10-7-19-13-24-29(32-15-19)34-30(37)31(2,38)17-33-24/h4-10,13-15,33,38H,11-12,16-17H2,1-3H3,(H,32,34,37)/b10-7+/t31-/m1/s1. The highest BCUT2D eigenvalue weighted by Gasteiger charge is 2.33. The predicted octanol–water partition coefficient (Wildman–Crippen LogP) is 4.65. The van der Waals surface area contributed by atoms with Crippen molar-refractivity contribution in [1.29, 1.82) is 0 Å². The molecule has 10 nitrogen and oxygen atoms in total. The van der Waals surface area contributed by atoms with E-state index in [2.05, 4.69) is 15.6 Å². The quantitative estimate of drug-likeness (QED) is 0.294. The van der Waals surface area contributed by atoms with Gasteiger partial charge in [-0.15, -0.1) is 0 Å². The molecule has 2 aliphatic heterocycles. The Morgan fingerprint density at radius 3 is 2.98 bits per heavy atom. The summed E-state index contributed by atoms with van der Waals surface area (Å²) in [7, 11) is 1.73. The van der Waals surface area contributed by atoms with Gasteiger partial charge in [-0.25, -0.2) is 4.98 Å². The van der Waals surface area contributed by atoms with E-state index >= 15 is 0 Å². The topological polar surface area (TPSA) is 126 Å². The van der Waals surface area contributed by atoms with Crippen LogP contribution in [0.15, 0.2) is 59.2 Å². The van der Waals surface area contributed by atoms with Crippen LogP contribution in [0.3, 0.4) is 0 Å². The van der Waals surface area contributed by atoms with E-state index in [9.17, 15) is 14.7 Å². The van der Waals surface area contributed by atoms with E-state index in [-0.39, 0.29) is 12.5 Å². The summed E-state index contributed by atoms with van der Waals surface area (Å²) in [6.07, 6.45) is 5.58. The molecule has 4 heterocycles. The van der Waals surface area contributed by atoms with Crippen LogP contribution in [0.25, 0.3) is 17.0 Å². The summed E-state index contributed by atoms with van der Waals surface area (Å²) in [5.74, 6) is 2.39. The molecule has 0 saturated carbocycles. The van der Waals surface area contributed by atoms with Gasteiger partial charge in [0.15, 0.2) is 22.8 Å². The zero-order chi connectivity index (χ0) is 28.7. The molecule has 41 heavy (non-hydrogen) atoms. The number of β-amino-alcohol motifs (C(OH)–C–C–N with tert-alkyl or cyclic N) is 1. The van der Waals surface area contributed by atoms with Crippen molar-refractivity contribution in [2.75, 3.05) is 30.8 Å². The van der Waals surface area contributed by atoms with Crippen LogP contribution in [-0.2, 0) is 22.6 Å². The summed E-state index contributed by atoms with van der Waals surface area (Å²) in [6, 6.07) is 13.3. The van der Waals surface area contributed by atoms with Crippen molar-refractivity contribution < 1.29 is 28.6 Å². The fourth-order valence-corrected chi connectivity index (χ4v) is 4.88. The van der Waals surface area contributed by atoms with Gasteiger partial charge in [-0.1, -0.05) is 18.2 Å². The largest absolute Gasteiger partial charge is 0.493 e. The number of anilines is 2. The number of hydrogen-bond donors (Lipinski definition) is 3. The van der Waals surface area contributed by atoms with E-state index in [4.69, 9.17) is 13.9 Å². The molecule has 6 rings (SSSR count). The summed E-state index contributed by atoms with van der Waals surface area (Å²) < 4.78 is 18.0. The minimum absolute atomic E-state index is 0.0366. The van der Waals surface area contributed by atoms with Crippen molar-refractivity contribution in [3.8, 4) is 17.2 Å². The molecule has 0 unspecified atom stereocenters. The number of benzene rings is 2. The van der Waals surface area contributed by atoms with Gasteiger partial charge in [-0.3, -0.25) is 9.59 Å². The molecule has 0 aliphatic carbocycles. The lowest BCUT2D eigenvalue weighted by molar-refractivity contribution is -0.131. The van der Waals surface area contributed by atoms with Crippen molar-refractivity contribution in [2.24, 2.45) is 0 Å². The summed E-state index contributed by atoms with van der Waals surface area (Å²) in [5, 5.41) is 16.7. The van der Waals surface area contributed by atoms with Crippen LogP contribution in [-0.4, -0.2) is 52.6 Å². The van der Waals surface area contributed by atoms with Crippen LogP contribution < -0.4 is 20.1 Å². The molecule has 2 amide bonds. The van der Waals surface area contributed by atoms with Crippen LogP contribution in [0.4, 0.5) is 11.5 Å². The van der Waals surface area contributed by atoms with Crippen LogP contribution >= 0.6 is 0 Å². The molecule has 2 aromatic heterocycles. The number of aromatic nitrogens is 1. The Bertz CT molecular complexity index is 1710. The Morgan fingerprint density at radius 2 is 2.12 bits per heavy atom. The van der Waals surface area contributed by atoms with E-state index in [1.54, 1.807) is 30.3 Å². The van der Waals surface area contributed by atoms with E-state index in [0.29, 0.717) is 53.1 Å².